The van der Waals surface area contributed by atoms with Crippen LogP contribution in [-0.4, -0.2) is 17.6 Å². The molecule has 3 rings (SSSR count). The molecule has 2 unspecified atom stereocenters. The molecule has 1 aliphatic carbocycles. The van der Waals surface area contributed by atoms with Crippen molar-refractivity contribution in [3.63, 3.8) is 0 Å². The number of nitrogens with one attached hydrogen (secondary N) is 1. The van der Waals surface area contributed by atoms with Gasteiger partial charge in [-0.05, 0) is 42.9 Å². The van der Waals surface area contributed by atoms with Gasteiger partial charge in [0.25, 0.3) is 0 Å². The molecule has 17 heavy (non-hydrogen) atoms. The highest BCUT2D eigenvalue weighted by atomic mass is 16.4. The predicted octanol–water partition coefficient (Wildman–Crippen LogP) is 1.91. The average molecular weight is 231 g/mol. The highest BCUT2D eigenvalue weighted by Gasteiger charge is 2.48. The highest BCUT2D eigenvalue weighted by molar-refractivity contribution is 5.67. The van der Waals surface area contributed by atoms with Crippen LogP contribution in [-0.2, 0) is 16.8 Å². The van der Waals surface area contributed by atoms with Crippen LogP contribution >= 0.6 is 0 Å². The Hall–Kier alpha value is -1.35. The Balaban J connectivity index is 1.99. The van der Waals surface area contributed by atoms with Crippen molar-refractivity contribution in [3.05, 3.63) is 35.4 Å². The predicted molar refractivity (Wildman–Crippen MR) is 64.8 cm³/mol. The summed E-state index contributed by atoms with van der Waals surface area (Å²) in [5.41, 5.74) is 2.66. The van der Waals surface area contributed by atoms with Crippen LogP contribution in [0.1, 0.15) is 30.4 Å². The van der Waals surface area contributed by atoms with Crippen molar-refractivity contribution in [3.8, 4) is 0 Å². The lowest BCUT2D eigenvalue weighted by Crippen LogP contribution is -2.40. The van der Waals surface area contributed by atoms with Crippen molar-refractivity contribution in [2.75, 3.05) is 6.54 Å². The Labute approximate surface area is 101 Å². The van der Waals surface area contributed by atoms with Crippen molar-refractivity contribution in [1.29, 1.82) is 0 Å². The van der Waals surface area contributed by atoms with Gasteiger partial charge < -0.3 is 10.4 Å². The first-order valence-electron chi connectivity index (χ1n) is 6.27. The first kappa shape index (κ1) is 10.8. The summed E-state index contributed by atoms with van der Waals surface area (Å²) in [6, 6.07) is 8.46. The van der Waals surface area contributed by atoms with Crippen LogP contribution in [0, 0.1) is 5.92 Å². The topological polar surface area (TPSA) is 49.3 Å². The number of rotatable bonds is 2. The molecule has 1 fully saturated rings. The molecule has 1 saturated heterocycles. The molecule has 0 radical (unpaired) electrons. The molecule has 1 heterocycles. The summed E-state index contributed by atoms with van der Waals surface area (Å²) >= 11 is 0. The van der Waals surface area contributed by atoms with E-state index in [9.17, 15) is 4.79 Å². The van der Waals surface area contributed by atoms with Gasteiger partial charge >= 0.3 is 5.97 Å². The van der Waals surface area contributed by atoms with E-state index in [1.165, 1.54) is 11.1 Å². The number of hydrogen-bond acceptors (Lipinski definition) is 2. The summed E-state index contributed by atoms with van der Waals surface area (Å²) in [5, 5.41) is 12.6. The third-order valence-corrected chi connectivity index (χ3v) is 4.34. The summed E-state index contributed by atoms with van der Waals surface area (Å²) in [7, 11) is 0. The fraction of sp³-hybridized carbons (Fsp3) is 0.500. The lowest BCUT2D eigenvalue weighted by molar-refractivity contribution is -0.138. The van der Waals surface area contributed by atoms with Gasteiger partial charge in [0, 0.05) is 5.54 Å². The Morgan fingerprint density at radius 3 is 3.12 bits per heavy atom. The molecule has 3 nitrogen and oxygen atoms in total. The first-order valence-corrected chi connectivity index (χ1v) is 6.27. The van der Waals surface area contributed by atoms with E-state index in [0.29, 0.717) is 0 Å². The monoisotopic (exact) mass is 231 g/mol. The fourth-order valence-corrected chi connectivity index (χ4v) is 3.59. The minimum absolute atomic E-state index is 0.0605. The first-order chi connectivity index (χ1) is 8.22. The van der Waals surface area contributed by atoms with Crippen molar-refractivity contribution in [1.82, 2.24) is 5.32 Å². The number of carboxylic acid groups (broad SMARTS) is 1. The average Bonchev–Trinajstić information content (AvgIpc) is 2.87. The van der Waals surface area contributed by atoms with Gasteiger partial charge in [-0.3, -0.25) is 4.79 Å². The minimum atomic E-state index is -0.678. The lowest BCUT2D eigenvalue weighted by atomic mass is 9.79. The largest absolute Gasteiger partial charge is 0.481 e. The van der Waals surface area contributed by atoms with Crippen LogP contribution in [0.4, 0.5) is 0 Å². The van der Waals surface area contributed by atoms with Crippen molar-refractivity contribution in [2.24, 2.45) is 5.92 Å². The standard InChI is InChI=1S/C14H17NO2/c16-13(17)9-11-6-8-15-14(11)7-5-10-3-1-2-4-12(10)14/h1-4,11,15H,5-9H2,(H,16,17). The maximum atomic E-state index is 11.0. The second-order valence-corrected chi connectivity index (χ2v) is 5.14. The van der Waals surface area contributed by atoms with Gasteiger partial charge in [-0.25, -0.2) is 0 Å². The second-order valence-electron chi connectivity index (χ2n) is 5.14. The molecule has 90 valence electrons. The molecule has 0 amide bonds. The molecular weight excluding hydrogens is 214 g/mol. The Morgan fingerprint density at radius 2 is 2.29 bits per heavy atom. The van der Waals surface area contributed by atoms with E-state index in [4.69, 9.17) is 5.11 Å². The zero-order valence-corrected chi connectivity index (χ0v) is 9.78. The van der Waals surface area contributed by atoms with Crippen LogP contribution in [0.3, 0.4) is 0 Å². The number of hydrogen-bond donors (Lipinski definition) is 2. The van der Waals surface area contributed by atoms with Crippen LogP contribution < -0.4 is 5.32 Å². The van der Waals surface area contributed by atoms with Crippen molar-refractivity contribution in [2.45, 2.75) is 31.2 Å². The lowest BCUT2D eigenvalue weighted by Gasteiger charge is -2.32. The van der Waals surface area contributed by atoms with Gasteiger partial charge in [0.15, 0.2) is 0 Å². The number of carbonyl (C=O) groups is 1. The maximum Gasteiger partial charge on any atom is 0.303 e. The molecule has 0 aromatic heterocycles. The number of benzene rings is 1. The zero-order valence-electron chi connectivity index (χ0n) is 9.78. The minimum Gasteiger partial charge on any atom is -0.481 e. The van der Waals surface area contributed by atoms with Crippen LogP contribution in [0.2, 0.25) is 0 Å². The molecular formula is C14H17NO2. The number of carboxylic acids is 1. The van der Waals surface area contributed by atoms with E-state index < -0.39 is 5.97 Å². The summed E-state index contributed by atoms with van der Waals surface area (Å²) in [6.07, 6.45) is 3.37. The van der Waals surface area contributed by atoms with E-state index in [1.54, 1.807) is 0 Å². The normalized spacial score (nSPS) is 30.7. The highest BCUT2D eigenvalue weighted by Crippen LogP contribution is 2.47. The van der Waals surface area contributed by atoms with Gasteiger partial charge in [0.05, 0.1) is 6.42 Å². The summed E-state index contributed by atoms with van der Waals surface area (Å²) < 4.78 is 0. The van der Waals surface area contributed by atoms with Crippen LogP contribution in [0.5, 0.6) is 0 Å². The Kier molecular flexibility index (Phi) is 2.44. The van der Waals surface area contributed by atoms with Gasteiger partial charge in [0.1, 0.15) is 0 Å². The van der Waals surface area contributed by atoms with E-state index >= 15 is 0 Å². The molecule has 2 N–H and O–H groups in total. The van der Waals surface area contributed by atoms with Gasteiger partial charge in [0.2, 0.25) is 0 Å². The molecule has 2 atom stereocenters. The molecule has 0 bridgehead atoms. The molecule has 2 aliphatic rings. The summed E-state index contributed by atoms with van der Waals surface area (Å²) in [5.74, 6) is -0.439. The van der Waals surface area contributed by atoms with Crippen molar-refractivity contribution >= 4 is 5.97 Å². The quantitative estimate of drug-likeness (QED) is 0.817. The second kappa shape index (κ2) is 3.84. The number of aryl methyl sites for hydroxylation is 1. The number of fused-ring (bicyclic) bond motifs is 2. The van der Waals surface area contributed by atoms with E-state index in [-0.39, 0.29) is 17.9 Å². The zero-order chi connectivity index (χ0) is 11.9. The fourth-order valence-electron chi connectivity index (χ4n) is 3.59. The summed E-state index contributed by atoms with van der Waals surface area (Å²) in [4.78, 5) is 11.0. The van der Waals surface area contributed by atoms with Gasteiger partial charge in [-0.15, -0.1) is 0 Å². The number of aliphatic carboxylic acids is 1. The van der Waals surface area contributed by atoms with E-state index in [0.717, 1.165) is 25.8 Å². The van der Waals surface area contributed by atoms with Crippen LogP contribution in [0.15, 0.2) is 24.3 Å². The molecule has 1 spiro atoms. The van der Waals surface area contributed by atoms with Crippen molar-refractivity contribution < 1.29 is 9.90 Å². The Morgan fingerprint density at radius 1 is 1.47 bits per heavy atom. The van der Waals surface area contributed by atoms with E-state index in [1.807, 2.05) is 0 Å². The molecule has 3 heteroatoms. The van der Waals surface area contributed by atoms with Crippen LogP contribution in [0.25, 0.3) is 0 Å². The van der Waals surface area contributed by atoms with Gasteiger partial charge in [-0.1, -0.05) is 24.3 Å². The molecule has 0 saturated carbocycles. The van der Waals surface area contributed by atoms with Gasteiger partial charge in [-0.2, -0.15) is 0 Å². The third kappa shape index (κ3) is 1.57. The molecule has 1 aromatic rings. The summed E-state index contributed by atoms with van der Waals surface area (Å²) in [6.45, 7) is 0.937. The SMILES string of the molecule is O=C(O)CC1CCNC12CCc1ccccc12. The molecule has 1 aromatic carbocycles. The molecule has 1 aliphatic heterocycles. The maximum absolute atomic E-state index is 11.0. The third-order valence-electron chi connectivity index (χ3n) is 4.34. The van der Waals surface area contributed by atoms with E-state index in [2.05, 4.69) is 29.6 Å². The Bertz CT molecular complexity index is 457. The smallest absolute Gasteiger partial charge is 0.303 e.